The number of rotatable bonds is 6. The van der Waals surface area contributed by atoms with Crippen LogP contribution in [0.1, 0.15) is 22.3 Å². The number of ether oxygens (including phenoxy) is 1. The fourth-order valence-electron chi connectivity index (χ4n) is 3.88. The highest BCUT2D eigenvalue weighted by molar-refractivity contribution is 6.11. The number of alkyl halides is 1. The Hall–Kier alpha value is -3.75. The van der Waals surface area contributed by atoms with Crippen molar-refractivity contribution in [1.82, 2.24) is 10.2 Å². The second-order valence-electron chi connectivity index (χ2n) is 7.53. The summed E-state index contributed by atoms with van der Waals surface area (Å²) < 4.78 is 32.7. The van der Waals surface area contributed by atoms with E-state index in [0.29, 0.717) is 34.7 Å². The third kappa shape index (κ3) is 3.49. The van der Waals surface area contributed by atoms with Crippen LogP contribution in [0.4, 0.5) is 8.78 Å². The maximum Gasteiger partial charge on any atom is 0.266 e. The lowest BCUT2D eigenvalue weighted by atomic mass is 9.81. The number of likely N-dealkylation sites (N-methyl/N-ethyl adjacent to an activating group) is 1. The van der Waals surface area contributed by atoms with Gasteiger partial charge in [0.1, 0.15) is 31.5 Å². The minimum absolute atomic E-state index is 0.0522. The first-order chi connectivity index (χ1) is 15.4. The Morgan fingerprint density at radius 3 is 2.62 bits per heavy atom. The molecule has 0 aliphatic carbocycles. The van der Waals surface area contributed by atoms with Gasteiger partial charge in [0.15, 0.2) is 11.5 Å². The summed E-state index contributed by atoms with van der Waals surface area (Å²) in [5.74, 6) is -0.260. The van der Waals surface area contributed by atoms with E-state index in [2.05, 4.69) is 15.3 Å². The van der Waals surface area contributed by atoms with Crippen molar-refractivity contribution in [1.29, 1.82) is 0 Å². The molecular weight excluding hydrogens is 416 g/mol. The van der Waals surface area contributed by atoms with Crippen LogP contribution in [-0.4, -0.2) is 50.0 Å². The molecule has 1 amide bonds. The maximum atomic E-state index is 14.7. The van der Waals surface area contributed by atoms with Crippen molar-refractivity contribution in [3.8, 4) is 5.75 Å². The lowest BCUT2D eigenvalue weighted by Crippen LogP contribution is -2.41. The summed E-state index contributed by atoms with van der Waals surface area (Å²) in [5, 5.41) is 2.95. The summed E-state index contributed by atoms with van der Waals surface area (Å²) in [6, 6.07) is 9.55. The number of hydrogen-bond donors (Lipinski definition) is 2. The number of aryl methyl sites for hydroxylation is 1. The highest BCUT2D eigenvalue weighted by atomic mass is 19.1. The molecule has 0 saturated heterocycles. The lowest BCUT2D eigenvalue weighted by molar-refractivity contribution is -0.129. The summed E-state index contributed by atoms with van der Waals surface area (Å²) in [6.07, 6.45) is 3.25. The molecule has 9 heteroatoms. The van der Waals surface area contributed by atoms with E-state index in [1.54, 1.807) is 50.7 Å². The largest absolute Gasteiger partial charge is 0.491 e. The van der Waals surface area contributed by atoms with E-state index in [-0.39, 0.29) is 24.0 Å². The topological polar surface area (TPSA) is 92.3 Å². The quantitative estimate of drug-likeness (QED) is 0.723. The second-order valence-corrected chi connectivity index (χ2v) is 7.53. The third-order valence-electron chi connectivity index (χ3n) is 5.53. The number of carbonyl (C=O) groups excluding carboxylic acids is 1. The fraction of sp³-hybridized carbons (Fsp3) is 0.261. The maximum absolute atomic E-state index is 14.7. The van der Waals surface area contributed by atoms with Crippen molar-refractivity contribution in [2.45, 2.75) is 12.5 Å². The number of allylic oxidation sites excluding steroid dienone is 1. The molecule has 0 bridgehead atoms. The van der Waals surface area contributed by atoms with Gasteiger partial charge in [0.25, 0.3) is 5.91 Å². The number of nitrogens with zero attached hydrogens (tertiary/aromatic N) is 3. The van der Waals surface area contributed by atoms with Gasteiger partial charge < -0.3 is 15.8 Å². The number of guanidine groups is 1. The Balaban J connectivity index is 1.89. The van der Waals surface area contributed by atoms with E-state index in [4.69, 9.17) is 10.5 Å². The van der Waals surface area contributed by atoms with Crippen LogP contribution in [0.15, 0.2) is 52.6 Å². The zero-order chi connectivity index (χ0) is 22.9. The Morgan fingerprint density at radius 2 is 2.00 bits per heavy atom. The summed E-state index contributed by atoms with van der Waals surface area (Å²) in [7, 11) is 1.54. The van der Waals surface area contributed by atoms with Crippen LogP contribution in [0.25, 0.3) is 5.57 Å². The fourth-order valence-corrected chi connectivity index (χ4v) is 3.88. The molecule has 0 radical (unpaired) electrons. The summed E-state index contributed by atoms with van der Waals surface area (Å²) >= 11 is 0. The Morgan fingerprint density at radius 1 is 1.25 bits per heavy atom. The van der Waals surface area contributed by atoms with E-state index in [1.165, 1.54) is 17.0 Å². The predicted molar refractivity (Wildman–Crippen MR) is 119 cm³/mol. The Bertz CT molecular complexity index is 1160. The van der Waals surface area contributed by atoms with E-state index < -0.39 is 18.0 Å². The molecule has 0 spiro atoms. The van der Waals surface area contributed by atoms with Gasteiger partial charge in [0, 0.05) is 30.6 Å². The first-order valence-electron chi connectivity index (χ1n) is 10.1. The van der Waals surface area contributed by atoms with Crippen LogP contribution in [0.5, 0.6) is 5.75 Å². The smallest absolute Gasteiger partial charge is 0.266 e. The zero-order valence-electron chi connectivity index (χ0n) is 17.7. The molecule has 166 valence electrons. The molecule has 32 heavy (non-hydrogen) atoms. The summed E-state index contributed by atoms with van der Waals surface area (Å²) in [5.41, 5.74) is 7.09. The van der Waals surface area contributed by atoms with Crippen molar-refractivity contribution in [2.24, 2.45) is 15.7 Å². The van der Waals surface area contributed by atoms with Gasteiger partial charge in [0.2, 0.25) is 0 Å². The van der Waals surface area contributed by atoms with Crippen molar-refractivity contribution < 1.29 is 18.3 Å². The van der Waals surface area contributed by atoms with Crippen LogP contribution in [-0.2, 0) is 10.3 Å². The minimum atomic E-state index is -1.50. The molecule has 0 unspecified atom stereocenters. The first kappa shape index (κ1) is 21.5. The molecule has 4 rings (SSSR count). The highest BCUT2D eigenvalue weighted by Gasteiger charge is 2.50. The molecule has 0 aromatic heterocycles. The molecule has 7 nitrogen and oxygen atoms in total. The Labute approximate surface area is 184 Å². The number of hydrogen-bond acceptors (Lipinski definition) is 6. The van der Waals surface area contributed by atoms with Gasteiger partial charge in [-0.2, -0.15) is 0 Å². The standard InChI is InChI=1S/C23H23F2N5O2/c1-14-9-16(4-6-20(14)32-8-7-24)23(21(31)30(2)22(26)29-23)17-3-5-19(25)18(10-17)15-11-27-13-28-12-15/h3-6,9-12,27H,7-8,13H2,1-2H3,(H2,26,29)/t23-/m1/s1. The number of aliphatic imine (C=N–C) groups is 2. The minimum Gasteiger partial charge on any atom is -0.491 e. The van der Waals surface area contributed by atoms with Crippen LogP contribution in [0.3, 0.4) is 0 Å². The first-order valence-corrected chi connectivity index (χ1v) is 10.1. The highest BCUT2D eigenvalue weighted by Crippen LogP contribution is 2.41. The molecule has 1 atom stereocenters. The van der Waals surface area contributed by atoms with Gasteiger partial charge in [-0.1, -0.05) is 12.1 Å². The average molecular weight is 439 g/mol. The summed E-state index contributed by atoms with van der Waals surface area (Å²) in [4.78, 5) is 23.4. The summed E-state index contributed by atoms with van der Waals surface area (Å²) in [6.45, 7) is 1.53. The van der Waals surface area contributed by atoms with E-state index in [9.17, 15) is 13.6 Å². The van der Waals surface area contributed by atoms with Crippen molar-refractivity contribution in [3.05, 3.63) is 70.7 Å². The third-order valence-corrected chi connectivity index (χ3v) is 5.53. The lowest BCUT2D eigenvalue weighted by Gasteiger charge is -2.27. The van der Waals surface area contributed by atoms with Crippen LogP contribution in [0.2, 0.25) is 0 Å². The number of amides is 1. The van der Waals surface area contributed by atoms with Crippen molar-refractivity contribution >= 4 is 23.7 Å². The normalized spacial score (nSPS) is 20.1. The molecule has 2 aromatic carbocycles. The van der Waals surface area contributed by atoms with Crippen LogP contribution >= 0.6 is 0 Å². The van der Waals surface area contributed by atoms with Crippen molar-refractivity contribution in [3.63, 3.8) is 0 Å². The van der Waals surface area contributed by atoms with Gasteiger partial charge in [-0.25, -0.2) is 13.8 Å². The van der Waals surface area contributed by atoms with Crippen molar-refractivity contribution in [2.75, 3.05) is 27.0 Å². The zero-order valence-corrected chi connectivity index (χ0v) is 17.7. The van der Waals surface area contributed by atoms with Gasteiger partial charge in [-0.3, -0.25) is 14.7 Å². The number of nitrogens with one attached hydrogen (secondary N) is 1. The molecule has 3 N–H and O–H groups in total. The Kier molecular flexibility index (Phi) is 5.65. The van der Waals surface area contributed by atoms with Gasteiger partial charge in [-0.15, -0.1) is 0 Å². The average Bonchev–Trinajstić information content (AvgIpc) is 3.04. The van der Waals surface area contributed by atoms with E-state index >= 15 is 0 Å². The SMILES string of the molecule is Cc1cc([C@]2(c3ccc(F)c(C4=CNCN=C4)c3)N=C(N)N(C)C2=O)ccc1OCCF. The molecule has 2 aliphatic rings. The molecule has 2 aromatic rings. The number of carbonyl (C=O) groups is 1. The molecular formula is C23H23F2N5O2. The number of halogens is 2. The van der Waals surface area contributed by atoms with Gasteiger partial charge >= 0.3 is 0 Å². The number of benzene rings is 2. The van der Waals surface area contributed by atoms with Gasteiger partial charge in [-0.05, 0) is 47.9 Å². The van der Waals surface area contributed by atoms with Crippen LogP contribution < -0.4 is 15.8 Å². The second kappa shape index (κ2) is 8.41. The van der Waals surface area contributed by atoms with E-state index in [0.717, 1.165) is 0 Å². The van der Waals surface area contributed by atoms with Crippen LogP contribution in [0, 0.1) is 12.7 Å². The van der Waals surface area contributed by atoms with E-state index in [1.807, 2.05) is 0 Å². The monoisotopic (exact) mass is 439 g/mol. The number of nitrogens with two attached hydrogens (primary N) is 1. The molecule has 2 aliphatic heterocycles. The molecule has 2 heterocycles. The predicted octanol–water partition coefficient (Wildman–Crippen LogP) is 2.49. The molecule has 0 fully saturated rings. The molecule has 0 saturated carbocycles. The van der Waals surface area contributed by atoms with Gasteiger partial charge in [0.05, 0.1) is 0 Å².